The van der Waals surface area contributed by atoms with Crippen LogP contribution >= 0.6 is 0 Å². The van der Waals surface area contributed by atoms with Crippen molar-refractivity contribution >= 4 is 0 Å². The Hall–Kier alpha value is -0.160. The van der Waals surface area contributed by atoms with E-state index in [0.717, 1.165) is 12.5 Å². The fraction of sp³-hybridized carbons (Fsp3) is 1.00. The van der Waals surface area contributed by atoms with Crippen molar-refractivity contribution in [2.24, 2.45) is 5.92 Å². The summed E-state index contributed by atoms with van der Waals surface area (Å²) in [5.41, 5.74) is 0. The maximum atomic E-state index is 9.63. The molecule has 0 amide bonds. The molecule has 0 aromatic heterocycles. The summed E-state index contributed by atoms with van der Waals surface area (Å²) in [7, 11) is 1.64. The maximum absolute atomic E-state index is 9.63. The monoisotopic (exact) mass is 259 g/mol. The van der Waals surface area contributed by atoms with Crippen LogP contribution < -0.4 is 5.32 Å². The van der Waals surface area contributed by atoms with Gasteiger partial charge in [-0.3, -0.25) is 0 Å². The molecule has 1 unspecified atom stereocenters. The molecule has 0 bridgehead atoms. The van der Waals surface area contributed by atoms with Crippen molar-refractivity contribution in [2.75, 3.05) is 40.0 Å². The molecule has 1 aliphatic carbocycles. The van der Waals surface area contributed by atoms with Crippen molar-refractivity contribution in [3.63, 3.8) is 0 Å². The minimum atomic E-state index is -0.409. The average molecular weight is 259 g/mol. The summed E-state index contributed by atoms with van der Waals surface area (Å²) in [6.45, 7) is 3.15. The Kier molecular flexibility index (Phi) is 9.48. The van der Waals surface area contributed by atoms with Gasteiger partial charge in [-0.05, 0) is 25.3 Å². The first-order valence-electron chi connectivity index (χ1n) is 7.28. The molecule has 0 aliphatic heterocycles. The van der Waals surface area contributed by atoms with E-state index in [4.69, 9.17) is 9.47 Å². The Bertz CT molecular complexity index is 184. The number of hydrogen-bond donors (Lipinski definition) is 2. The van der Waals surface area contributed by atoms with Crippen molar-refractivity contribution in [3.8, 4) is 0 Å². The van der Waals surface area contributed by atoms with E-state index in [1.54, 1.807) is 7.11 Å². The third-order valence-electron chi connectivity index (χ3n) is 3.56. The van der Waals surface area contributed by atoms with Gasteiger partial charge in [0, 0.05) is 13.7 Å². The highest BCUT2D eigenvalue weighted by Gasteiger charge is 2.13. The van der Waals surface area contributed by atoms with Gasteiger partial charge in [0.15, 0.2) is 0 Å². The van der Waals surface area contributed by atoms with Crippen LogP contribution in [0.15, 0.2) is 0 Å². The Morgan fingerprint density at radius 3 is 2.78 bits per heavy atom. The van der Waals surface area contributed by atoms with Gasteiger partial charge in [-0.1, -0.05) is 25.7 Å². The number of aliphatic hydroxyl groups is 1. The maximum Gasteiger partial charge on any atom is 0.0897 e. The lowest BCUT2D eigenvalue weighted by molar-refractivity contribution is 0.0138. The highest BCUT2D eigenvalue weighted by Crippen LogP contribution is 2.28. The van der Waals surface area contributed by atoms with Gasteiger partial charge in [-0.15, -0.1) is 0 Å². The second-order valence-electron chi connectivity index (χ2n) is 5.22. The predicted molar refractivity (Wildman–Crippen MR) is 72.8 cm³/mol. The zero-order chi connectivity index (χ0) is 13.1. The standard InChI is InChI=1S/C14H29NO3/c1-17-9-10-18-12-14(16)11-15-8-4-7-13-5-2-3-6-13/h13-16H,2-12H2,1H3. The molecule has 1 fully saturated rings. The average Bonchev–Trinajstić information content (AvgIpc) is 2.87. The first kappa shape index (κ1) is 15.9. The molecule has 4 nitrogen and oxygen atoms in total. The van der Waals surface area contributed by atoms with Crippen LogP contribution in [0.1, 0.15) is 38.5 Å². The molecule has 0 aromatic carbocycles. The highest BCUT2D eigenvalue weighted by atomic mass is 16.5. The van der Waals surface area contributed by atoms with Gasteiger partial charge >= 0.3 is 0 Å². The summed E-state index contributed by atoms with van der Waals surface area (Å²) in [5.74, 6) is 0.967. The molecule has 0 aromatic rings. The van der Waals surface area contributed by atoms with Crippen LogP contribution in [-0.4, -0.2) is 51.2 Å². The van der Waals surface area contributed by atoms with Crippen LogP contribution in [0.5, 0.6) is 0 Å². The van der Waals surface area contributed by atoms with Crippen molar-refractivity contribution < 1.29 is 14.6 Å². The van der Waals surface area contributed by atoms with Crippen LogP contribution in [0.2, 0.25) is 0 Å². The van der Waals surface area contributed by atoms with E-state index in [1.165, 1.54) is 38.5 Å². The van der Waals surface area contributed by atoms with Crippen molar-refractivity contribution in [3.05, 3.63) is 0 Å². The Labute approximate surface area is 111 Å². The van der Waals surface area contributed by atoms with Gasteiger partial charge in [0.25, 0.3) is 0 Å². The van der Waals surface area contributed by atoms with E-state index in [-0.39, 0.29) is 0 Å². The molecule has 0 saturated heterocycles. The number of aliphatic hydroxyl groups excluding tert-OH is 1. The minimum Gasteiger partial charge on any atom is -0.389 e. The third-order valence-corrected chi connectivity index (χ3v) is 3.56. The molecule has 1 atom stereocenters. The van der Waals surface area contributed by atoms with Gasteiger partial charge in [-0.2, -0.15) is 0 Å². The van der Waals surface area contributed by atoms with E-state index >= 15 is 0 Å². The molecule has 18 heavy (non-hydrogen) atoms. The van der Waals surface area contributed by atoms with Crippen LogP contribution in [0, 0.1) is 5.92 Å². The van der Waals surface area contributed by atoms with E-state index in [0.29, 0.717) is 26.4 Å². The zero-order valence-electron chi connectivity index (χ0n) is 11.7. The summed E-state index contributed by atoms with van der Waals surface area (Å²) >= 11 is 0. The summed E-state index contributed by atoms with van der Waals surface area (Å²) in [5, 5.41) is 12.9. The molecule has 1 aliphatic rings. The zero-order valence-corrected chi connectivity index (χ0v) is 11.7. The fourth-order valence-corrected chi connectivity index (χ4v) is 2.50. The lowest BCUT2D eigenvalue weighted by Crippen LogP contribution is -2.31. The van der Waals surface area contributed by atoms with Crippen LogP contribution in [0.3, 0.4) is 0 Å². The van der Waals surface area contributed by atoms with E-state index in [9.17, 15) is 5.11 Å². The Balaban J connectivity index is 1.81. The molecule has 0 heterocycles. The van der Waals surface area contributed by atoms with Gasteiger partial charge in [0.05, 0.1) is 25.9 Å². The molecular weight excluding hydrogens is 230 g/mol. The number of ether oxygens (including phenoxy) is 2. The normalized spacial score (nSPS) is 18.3. The summed E-state index contributed by atoms with van der Waals surface area (Å²) in [6, 6.07) is 0. The quantitative estimate of drug-likeness (QED) is 0.553. The lowest BCUT2D eigenvalue weighted by atomic mass is 10.0. The molecule has 4 heteroatoms. The Morgan fingerprint density at radius 1 is 1.28 bits per heavy atom. The number of methoxy groups -OCH3 is 1. The largest absolute Gasteiger partial charge is 0.389 e. The van der Waals surface area contributed by atoms with Crippen molar-refractivity contribution in [1.29, 1.82) is 0 Å². The van der Waals surface area contributed by atoms with E-state index in [2.05, 4.69) is 5.32 Å². The fourth-order valence-electron chi connectivity index (χ4n) is 2.50. The molecule has 0 radical (unpaired) electrons. The second kappa shape index (κ2) is 10.7. The lowest BCUT2D eigenvalue weighted by Gasteiger charge is -2.13. The van der Waals surface area contributed by atoms with Gasteiger partial charge in [-0.25, -0.2) is 0 Å². The van der Waals surface area contributed by atoms with Crippen LogP contribution in [0.4, 0.5) is 0 Å². The van der Waals surface area contributed by atoms with Gasteiger partial charge in [0.1, 0.15) is 0 Å². The topological polar surface area (TPSA) is 50.7 Å². The molecular formula is C14H29NO3. The summed E-state index contributed by atoms with van der Waals surface area (Å²) in [6.07, 6.45) is 7.86. The number of nitrogens with one attached hydrogen (secondary N) is 1. The molecule has 0 spiro atoms. The summed E-state index contributed by atoms with van der Waals surface area (Å²) < 4.78 is 10.1. The first-order chi connectivity index (χ1) is 8.83. The SMILES string of the molecule is COCCOCC(O)CNCCCC1CCCC1. The molecule has 2 N–H and O–H groups in total. The minimum absolute atomic E-state index is 0.388. The molecule has 1 rings (SSSR count). The van der Waals surface area contributed by atoms with E-state index in [1.807, 2.05) is 0 Å². The number of hydrogen-bond acceptors (Lipinski definition) is 4. The molecule has 1 saturated carbocycles. The number of rotatable bonds is 11. The Morgan fingerprint density at radius 2 is 2.06 bits per heavy atom. The highest BCUT2D eigenvalue weighted by molar-refractivity contribution is 4.68. The van der Waals surface area contributed by atoms with Crippen molar-refractivity contribution in [1.82, 2.24) is 5.32 Å². The van der Waals surface area contributed by atoms with Crippen molar-refractivity contribution in [2.45, 2.75) is 44.6 Å². The first-order valence-corrected chi connectivity index (χ1v) is 7.28. The second-order valence-corrected chi connectivity index (χ2v) is 5.22. The molecule has 108 valence electrons. The van der Waals surface area contributed by atoms with Crippen LogP contribution in [-0.2, 0) is 9.47 Å². The van der Waals surface area contributed by atoms with Crippen LogP contribution in [0.25, 0.3) is 0 Å². The smallest absolute Gasteiger partial charge is 0.0897 e. The van der Waals surface area contributed by atoms with E-state index < -0.39 is 6.10 Å². The third kappa shape index (κ3) is 8.03. The summed E-state index contributed by atoms with van der Waals surface area (Å²) in [4.78, 5) is 0. The van der Waals surface area contributed by atoms with Gasteiger partial charge < -0.3 is 19.9 Å². The predicted octanol–water partition coefficient (Wildman–Crippen LogP) is 1.57. The van der Waals surface area contributed by atoms with Gasteiger partial charge in [0.2, 0.25) is 0 Å².